The number of aromatic nitrogens is 4. The largest absolute Gasteiger partial charge is 0.376 e. The normalized spacial score (nSPS) is 24.6. The summed E-state index contributed by atoms with van der Waals surface area (Å²) in [6.45, 7) is 5.01. The Morgan fingerprint density at radius 1 is 1.50 bits per heavy atom. The molecule has 3 atom stereocenters. The lowest BCUT2D eigenvalue weighted by molar-refractivity contribution is 0.0669. The number of hydrogen-bond acceptors (Lipinski definition) is 5. The highest BCUT2D eigenvalue weighted by Gasteiger charge is 2.27. The topological polar surface area (TPSA) is 64.9 Å². The van der Waals surface area contributed by atoms with E-state index in [1.165, 1.54) is 0 Å². The Hall–Kier alpha value is -1.01. The smallest absolute Gasteiger partial charge is 0.168 e. The molecule has 1 aromatic heterocycles. The van der Waals surface area contributed by atoms with Gasteiger partial charge in [-0.3, -0.25) is 0 Å². The van der Waals surface area contributed by atoms with Crippen LogP contribution in [0.4, 0.5) is 0 Å². The molecule has 1 aliphatic rings. The molecule has 1 saturated heterocycles. The van der Waals surface area contributed by atoms with E-state index in [0.717, 1.165) is 25.3 Å². The van der Waals surface area contributed by atoms with Crippen molar-refractivity contribution in [1.29, 1.82) is 0 Å². The van der Waals surface area contributed by atoms with Crippen LogP contribution >= 0.6 is 0 Å². The van der Waals surface area contributed by atoms with E-state index in [2.05, 4.69) is 27.8 Å². The third-order valence-corrected chi connectivity index (χ3v) is 3.23. The van der Waals surface area contributed by atoms with Crippen LogP contribution in [-0.4, -0.2) is 40.0 Å². The van der Waals surface area contributed by atoms with Crippen molar-refractivity contribution >= 4 is 0 Å². The number of nitrogens with zero attached hydrogens (tertiary/aromatic N) is 4. The molecule has 2 rings (SSSR count). The molecule has 0 bridgehead atoms. The maximum absolute atomic E-state index is 5.67. The lowest BCUT2D eigenvalue weighted by Gasteiger charge is -2.21. The van der Waals surface area contributed by atoms with Gasteiger partial charge in [0.1, 0.15) is 0 Å². The molecule has 0 aromatic carbocycles. The first kappa shape index (κ1) is 11.5. The first-order valence-electron chi connectivity index (χ1n) is 5.80. The Morgan fingerprint density at radius 3 is 2.94 bits per heavy atom. The Bertz CT molecular complexity index is 334. The minimum Gasteiger partial charge on any atom is -0.376 e. The number of rotatable bonds is 4. The molecule has 90 valence electrons. The van der Waals surface area contributed by atoms with E-state index in [-0.39, 0.29) is 18.2 Å². The van der Waals surface area contributed by atoms with Crippen molar-refractivity contribution in [2.45, 2.75) is 44.9 Å². The fourth-order valence-corrected chi connectivity index (χ4v) is 2.05. The minimum atomic E-state index is 0.152. The Kier molecular flexibility index (Phi) is 3.50. The summed E-state index contributed by atoms with van der Waals surface area (Å²) in [5.41, 5.74) is 0. The third kappa shape index (κ3) is 2.08. The van der Waals surface area contributed by atoms with Crippen LogP contribution < -0.4 is 5.32 Å². The third-order valence-electron chi connectivity index (χ3n) is 3.23. The van der Waals surface area contributed by atoms with Crippen molar-refractivity contribution in [2.24, 2.45) is 0 Å². The first-order chi connectivity index (χ1) is 7.74. The molecule has 0 aliphatic carbocycles. The van der Waals surface area contributed by atoms with Crippen molar-refractivity contribution in [3.8, 4) is 0 Å². The van der Waals surface area contributed by atoms with E-state index in [1.54, 1.807) is 0 Å². The second kappa shape index (κ2) is 4.88. The fraction of sp³-hybridized carbons (Fsp3) is 0.900. The molecule has 0 saturated carbocycles. The zero-order valence-electron chi connectivity index (χ0n) is 10.1. The lowest BCUT2D eigenvalue weighted by Crippen LogP contribution is -2.26. The van der Waals surface area contributed by atoms with Crippen LogP contribution in [0, 0.1) is 0 Å². The molecule has 0 spiro atoms. The Labute approximate surface area is 95.4 Å². The van der Waals surface area contributed by atoms with Gasteiger partial charge in [0.25, 0.3) is 0 Å². The standard InChI is InChI=1S/C10H19N5O/c1-7(11-3)10-12-13-14-15(10)8(2)9-5-4-6-16-9/h7-9,11H,4-6H2,1-3H3. The molecule has 0 radical (unpaired) electrons. The van der Waals surface area contributed by atoms with Gasteiger partial charge in [-0.1, -0.05) is 0 Å². The van der Waals surface area contributed by atoms with Gasteiger partial charge in [0.2, 0.25) is 0 Å². The van der Waals surface area contributed by atoms with E-state index < -0.39 is 0 Å². The van der Waals surface area contributed by atoms with Crippen molar-refractivity contribution in [3.63, 3.8) is 0 Å². The van der Waals surface area contributed by atoms with Crippen LogP contribution in [0.5, 0.6) is 0 Å². The molecular formula is C10H19N5O. The summed E-state index contributed by atoms with van der Waals surface area (Å²) in [4.78, 5) is 0. The Balaban J connectivity index is 2.15. The number of hydrogen-bond donors (Lipinski definition) is 1. The molecule has 1 N–H and O–H groups in total. The van der Waals surface area contributed by atoms with Gasteiger partial charge in [0.05, 0.1) is 18.2 Å². The van der Waals surface area contributed by atoms with Crippen LogP contribution in [0.2, 0.25) is 0 Å². The summed E-state index contributed by atoms with van der Waals surface area (Å²) >= 11 is 0. The quantitative estimate of drug-likeness (QED) is 0.817. The molecule has 6 nitrogen and oxygen atoms in total. The van der Waals surface area contributed by atoms with Crippen LogP contribution in [0.15, 0.2) is 0 Å². The van der Waals surface area contributed by atoms with Gasteiger partial charge in [-0.25, -0.2) is 4.68 Å². The zero-order chi connectivity index (χ0) is 11.5. The summed E-state index contributed by atoms with van der Waals surface area (Å²) in [5.74, 6) is 0.866. The maximum Gasteiger partial charge on any atom is 0.168 e. The van der Waals surface area contributed by atoms with Gasteiger partial charge in [0, 0.05) is 6.61 Å². The highest BCUT2D eigenvalue weighted by molar-refractivity contribution is 4.92. The van der Waals surface area contributed by atoms with Crippen LogP contribution in [0.1, 0.15) is 44.6 Å². The monoisotopic (exact) mass is 225 g/mol. The maximum atomic E-state index is 5.67. The molecule has 1 aromatic rings. The minimum absolute atomic E-state index is 0.152. The zero-order valence-corrected chi connectivity index (χ0v) is 10.1. The average molecular weight is 225 g/mol. The van der Waals surface area contributed by atoms with Gasteiger partial charge < -0.3 is 10.1 Å². The van der Waals surface area contributed by atoms with E-state index in [4.69, 9.17) is 4.74 Å². The molecule has 3 unspecified atom stereocenters. The van der Waals surface area contributed by atoms with Crippen molar-refractivity contribution in [3.05, 3.63) is 5.82 Å². The van der Waals surface area contributed by atoms with E-state index >= 15 is 0 Å². The van der Waals surface area contributed by atoms with Crippen LogP contribution in [-0.2, 0) is 4.74 Å². The lowest BCUT2D eigenvalue weighted by atomic mass is 10.1. The summed E-state index contributed by atoms with van der Waals surface area (Å²) in [5, 5.41) is 15.0. The molecule has 0 amide bonds. The summed E-state index contributed by atoms with van der Waals surface area (Å²) in [6.07, 6.45) is 2.47. The second-order valence-electron chi connectivity index (χ2n) is 4.28. The summed E-state index contributed by atoms with van der Waals surface area (Å²) < 4.78 is 7.54. The fourth-order valence-electron chi connectivity index (χ4n) is 2.05. The number of tetrazole rings is 1. The van der Waals surface area contributed by atoms with Crippen molar-refractivity contribution < 1.29 is 4.74 Å². The first-order valence-corrected chi connectivity index (χ1v) is 5.80. The van der Waals surface area contributed by atoms with Gasteiger partial charge in [-0.05, 0) is 44.2 Å². The van der Waals surface area contributed by atoms with Gasteiger partial charge in [-0.15, -0.1) is 5.10 Å². The highest BCUT2D eigenvalue weighted by atomic mass is 16.5. The van der Waals surface area contributed by atoms with Crippen LogP contribution in [0.3, 0.4) is 0 Å². The second-order valence-corrected chi connectivity index (χ2v) is 4.28. The van der Waals surface area contributed by atoms with Crippen LogP contribution in [0.25, 0.3) is 0 Å². The van der Waals surface area contributed by atoms with Crippen molar-refractivity contribution in [2.75, 3.05) is 13.7 Å². The highest BCUT2D eigenvalue weighted by Crippen LogP contribution is 2.25. The predicted molar refractivity (Wildman–Crippen MR) is 59.0 cm³/mol. The number of ether oxygens (including phenoxy) is 1. The van der Waals surface area contributed by atoms with Crippen molar-refractivity contribution in [1.82, 2.24) is 25.5 Å². The van der Waals surface area contributed by atoms with E-state index in [1.807, 2.05) is 18.7 Å². The molecule has 1 fully saturated rings. The molecule has 2 heterocycles. The van der Waals surface area contributed by atoms with E-state index in [0.29, 0.717) is 0 Å². The Morgan fingerprint density at radius 2 is 2.31 bits per heavy atom. The van der Waals surface area contributed by atoms with Gasteiger partial charge >= 0.3 is 0 Å². The van der Waals surface area contributed by atoms with Gasteiger partial charge in [0.15, 0.2) is 5.82 Å². The predicted octanol–water partition coefficient (Wildman–Crippen LogP) is 0.693. The van der Waals surface area contributed by atoms with E-state index in [9.17, 15) is 0 Å². The molecular weight excluding hydrogens is 206 g/mol. The van der Waals surface area contributed by atoms with Gasteiger partial charge in [-0.2, -0.15) is 0 Å². The molecule has 1 aliphatic heterocycles. The number of nitrogens with one attached hydrogen (secondary N) is 1. The molecule has 6 heteroatoms. The summed E-state index contributed by atoms with van der Waals surface area (Å²) in [6, 6.07) is 0.349. The average Bonchev–Trinajstić information content (AvgIpc) is 2.97. The summed E-state index contributed by atoms with van der Waals surface area (Å²) in [7, 11) is 1.90. The SMILES string of the molecule is CNC(C)c1nnnn1C(C)C1CCCO1. The molecule has 16 heavy (non-hydrogen) atoms.